The van der Waals surface area contributed by atoms with E-state index in [0.717, 1.165) is 33.2 Å². The molecule has 0 atom stereocenters. The van der Waals surface area contributed by atoms with Gasteiger partial charge in [-0.25, -0.2) is 14.6 Å². The van der Waals surface area contributed by atoms with Gasteiger partial charge in [0.2, 0.25) is 11.9 Å². The predicted molar refractivity (Wildman–Crippen MR) is 122 cm³/mol. The summed E-state index contributed by atoms with van der Waals surface area (Å²) >= 11 is 0. The number of aryl methyl sites for hydroxylation is 3. The number of benzene rings is 2. The number of anilines is 1. The summed E-state index contributed by atoms with van der Waals surface area (Å²) in [5.74, 6) is 0.304. The molecule has 7 nitrogen and oxygen atoms in total. The van der Waals surface area contributed by atoms with E-state index < -0.39 is 0 Å². The second-order valence-electron chi connectivity index (χ2n) is 7.70. The van der Waals surface area contributed by atoms with E-state index in [4.69, 9.17) is 0 Å². The lowest BCUT2D eigenvalue weighted by Gasteiger charge is -2.07. The molecular weight excluding hydrogens is 388 g/mol. The van der Waals surface area contributed by atoms with E-state index in [1.807, 2.05) is 48.9 Å². The van der Waals surface area contributed by atoms with E-state index in [1.165, 1.54) is 5.56 Å². The molecule has 3 heterocycles. The van der Waals surface area contributed by atoms with Gasteiger partial charge < -0.3 is 4.57 Å². The number of fused-ring (bicyclic) bond motifs is 2. The van der Waals surface area contributed by atoms with Crippen molar-refractivity contribution in [3.63, 3.8) is 0 Å². The molecule has 0 aliphatic heterocycles. The van der Waals surface area contributed by atoms with Crippen molar-refractivity contribution in [1.82, 2.24) is 24.3 Å². The number of pyridine rings is 1. The fourth-order valence-electron chi connectivity index (χ4n) is 3.92. The Hall–Kier alpha value is -4.00. The summed E-state index contributed by atoms with van der Waals surface area (Å²) in [5.41, 5.74) is 6.70. The number of carbonyl (C=O) groups excluding carboxylic acids is 1. The molecular formula is C24H22N6O. The van der Waals surface area contributed by atoms with E-state index in [2.05, 4.69) is 51.6 Å². The first-order valence-corrected chi connectivity index (χ1v) is 10.1. The summed E-state index contributed by atoms with van der Waals surface area (Å²) in [6, 6.07) is 18.1. The zero-order chi connectivity index (χ0) is 21.5. The molecule has 0 aliphatic carbocycles. The highest BCUT2D eigenvalue weighted by Crippen LogP contribution is 2.30. The topological polar surface area (TPSA) is 77.6 Å². The van der Waals surface area contributed by atoms with Crippen LogP contribution < -0.4 is 5.32 Å². The van der Waals surface area contributed by atoms with Gasteiger partial charge in [-0.15, -0.1) is 0 Å². The average Bonchev–Trinajstić information content (AvgIpc) is 3.25. The molecule has 0 saturated carbocycles. The van der Waals surface area contributed by atoms with Crippen LogP contribution in [-0.2, 0) is 18.4 Å². The molecule has 0 radical (unpaired) electrons. The molecule has 3 aromatic heterocycles. The monoisotopic (exact) mass is 410 g/mol. The molecule has 1 N–H and O–H groups in total. The van der Waals surface area contributed by atoms with Gasteiger partial charge in [-0.2, -0.15) is 5.10 Å². The van der Waals surface area contributed by atoms with E-state index in [9.17, 15) is 4.79 Å². The number of para-hydroxylation sites is 2. The Morgan fingerprint density at radius 3 is 2.58 bits per heavy atom. The molecule has 0 fully saturated rings. The van der Waals surface area contributed by atoms with Gasteiger partial charge in [0.05, 0.1) is 16.7 Å². The third-order valence-corrected chi connectivity index (χ3v) is 5.50. The van der Waals surface area contributed by atoms with Crippen molar-refractivity contribution in [2.45, 2.75) is 20.4 Å². The summed E-state index contributed by atoms with van der Waals surface area (Å²) in [6.07, 6.45) is 1.76. The number of carbonyl (C=O) groups is 1. The molecule has 5 rings (SSSR count). The van der Waals surface area contributed by atoms with Gasteiger partial charge in [-0.05, 0) is 43.2 Å². The highest BCUT2D eigenvalue weighted by atomic mass is 16.2. The van der Waals surface area contributed by atoms with Crippen LogP contribution >= 0.6 is 0 Å². The third kappa shape index (κ3) is 3.34. The van der Waals surface area contributed by atoms with E-state index in [0.29, 0.717) is 11.6 Å². The first-order chi connectivity index (χ1) is 15.0. The van der Waals surface area contributed by atoms with Crippen molar-refractivity contribution in [3.05, 3.63) is 72.1 Å². The number of rotatable bonds is 4. The van der Waals surface area contributed by atoms with Crippen molar-refractivity contribution >= 4 is 33.9 Å². The second kappa shape index (κ2) is 7.36. The van der Waals surface area contributed by atoms with Crippen LogP contribution in [0.3, 0.4) is 0 Å². The number of nitrogens with one attached hydrogen (secondary N) is 1. The second-order valence-corrected chi connectivity index (χ2v) is 7.70. The van der Waals surface area contributed by atoms with Gasteiger partial charge in [0.1, 0.15) is 6.54 Å². The van der Waals surface area contributed by atoms with Crippen LogP contribution in [0.2, 0.25) is 0 Å². The molecule has 1 amide bonds. The van der Waals surface area contributed by atoms with Crippen LogP contribution in [0, 0.1) is 13.8 Å². The lowest BCUT2D eigenvalue weighted by Crippen LogP contribution is -2.21. The smallest absolute Gasteiger partial charge is 0.248 e. The molecule has 0 aliphatic rings. The fourth-order valence-corrected chi connectivity index (χ4v) is 3.92. The van der Waals surface area contributed by atoms with Crippen LogP contribution in [0.4, 0.5) is 5.95 Å². The SMILES string of the molecule is Cc1ccc(-c2ccnc3c2c(C)nn3CC(=O)Nc2nc3ccccc3n2C)cc1. The molecule has 154 valence electrons. The van der Waals surface area contributed by atoms with E-state index >= 15 is 0 Å². The van der Waals surface area contributed by atoms with Gasteiger partial charge >= 0.3 is 0 Å². The van der Waals surface area contributed by atoms with Crippen LogP contribution in [-0.4, -0.2) is 30.2 Å². The predicted octanol–water partition coefficient (Wildman–Crippen LogP) is 4.24. The largest absolute Gasteiger partial charge is 0.313 e. The maximum atomic E-state index is 12.8. The average molecular weight is 410 g/mol. The fraction of sp³-hybridized carbons (Fsp3) is 0.167. The summed E-state index contributed by atoms with van der Waals surface area (Å²) in [7, 11) is 1.88. The van der Waals surface area contributed by atoms with Crippen molar-refractivity contribution in [1.29, 1.82) is 0 Å². The first kappa shape index (κ1) is 19.0. The molecule has 5 aromatic rings. The number of hydrogen-bond acceptors (Lipinski definition) is 4. The Labute approximate surface area is 179 Å². The van der Waals surface area contributed by atoms with Crippen molar-refractivity contribution in [2.24, 2.45) is 7.05 Å². The van der Waals surface area contributed by atoms with Gasteiger partial charge in [0.25, 0.3) is 0 Å². The Bertz CT molecular complexity index is 1430. The lowest BCUT2D eigenvalue weighted by atomic mass is 10.0. The minimum atomic E-state index is -0.203. The molecule has 2 aromatic carbocycles. The van der Waals surface area contributed by atoms with Crippen molar-refractivity contribution in [2.75, 3.05) is 5.32 Å². The number of amides is 1. The van der Waals surface area contributed by atoms with Crippen LogP contribution in [0.25, 0.3) is 33.2 Å². The van der Waals surface area contributed by atoms with Crippen LogP contribution in [0.1, 0.15) is 11.3 Å². The molecule has 0 bridgehead atoms. The van der Waals surface area contributed by atoms with Gasteiger partial charge in [0, 0.05) is 18.6 Å². The van der Waals surface area contributed by atoms with Gasteiger partial charge in [-0.3, -0.25) is 10.1 Å². The maximum absolute atomic E-state index is 12.8. The summed E-state index contributed by atoms with van der Waals surface area (Å²) in [4.78, 5) is 21.8. The standard InChI is InChI=1S/C24H22N6O/c1-15-8-10-17(11-9-15)18-12-13-25-23-22(18)16(2)28-30(23)14-21(31)27-24-26-19-6-4-5-7-20(19)29(24)3/h4-13H,14H2,1-3H3,(H,26,27,31). The zero-order valence-corrected chi connectivity index (χ0v) is 17.6. The Morgan fingerprint density at radius 2 is 1.81 bits per heavy atom. The van der Waals surface area contributed by atoms with Crippen LogP contribution in [0.15, 0.2) is 60.8 Å². The first-order valence-electron chi connectivity index (χ1n) is 10.1. The zero-order valence-electron chi connectivity index (χ0n) is 17.6. The van der Waals surface area contributed by atoms with E-state index in [-0.39, 0.29) is 12.5 Å². The Morgan fingerprint density at radius 1 is 1.03 bits per heavy atom. The molecule has 0 saturated heterocycles. The number of nitrogens with zero attached hydrogens (tertiary/aromatic N) is 5. The van der Waals surface area contributed by atoms with E-state index in [1.54, 1.807) is 10.9 Å². The quantitative estimate of drug-likeness (QED) is 0.481. The van der Waals surface area contributed by atoms with Crippen molar-refractivity contribution < 1.29 is 4.79 Å². The molecule has 31 heavy (non-hydrogen) atoms. The highest BCUT2D eigenvalue weighted by Gasteiger charge is 2.17. The van der Waals surface area contributed by atoms with Gasteiger partial charge in [-0.1, -0.05) is 42.0 Å². The Kier molecular flexibility index (Phi) is 4.51. The third-order valence-electron chi connectivity index (χ3n) is 5.50. The summed E-state index contributed by atoms with van der Waals surface area (Å²) < 4.78 is 3.52. The number of aromatic nitrogens is 5. The molecule has 0 unspecified atom stereocenters. The van der Waals surface area contributed by atoms with Gasteiger partial charge in [0.15, 0.2) is 5.65 Å². The van der Waals surface area contributed by atoms with Crippen molar-refractivity contribution in [3.8, 4) is 11.1 Å². The number of imidazole rings is 1. The lowest BCUT2D eigenvalue weighted by molar-refractivity contribution is -0.116. The maximum Gasteiger partial charge on any atom is 0.248 e. The number of hydrogen-bond donors (Lipinski definition) is 1. The Balaban J connectivity index is 1.46. The normalized spacial score (nSPS) is 11.3. The van der Waals surface area contributed by atoms with Crippen LogP contribution in [0.5, 0.6) is 0 Å². The minimum Gasteiger partial charge on any atom is -0.313 e. The molecule has 7 heteroatoms. The highest BCUT2D eigenvalue weighted by molar-refractivity contribution is 5.96. The summed E-state index contributed by atoms with van der Waals surface area (Å²) in [6.45, 7) is 4.07. The molecule has 0 spiro atoms. The minimum absolute atomic E-state index is 0.0535. The summed E-state index contributed by atoms with van der Waals surface area (Å²) in [5, 5.41) is 8.47.